The van der Waals surface area contributed by atoms with Crippen LogP contribution in [0.2, 0.25) is 5.02 Å². The Kier molecular flexibility index (Phi) is 8.60. The Hall–Kier alpha value is -2.26. The first-order valence-electron chi connectivity index (χ1n) is 13.5. The number of carbonyl (C=O) groups excluding carboxylic acids is 1. The molecule has 0 saturated carbocycles. The number of benzene rings is 1. The van der Waals surface area contributed by atoms with Gasteiger partial charge in [0.05, 0.1) is 12.7 Å². The quantitative estimate of drug-likeness (QED) is 0.611. The summed E-state index contributed by atoms with van der Waals surface area (Å²) in [5.41, 5.74) is 2.75. The van der Waals surface area contributed by atoms with Crippen molar-refractivity contribution in [2.24, 2.45) is 0 Å². The molecule has 37 heavy (non-hydrogen) atoms. The van der Waals surface area contributed by atoms with Gasteiger partial charge in [-0.15, -0.1) is 0 Å². The standard InChI is InChI=1S/C28H38ClN5O3/c1-19-26(28(35)34-14-9-23(10-15-34)32-24-11-16-37-17-25(24)36-2)30-18-31-27(19)33-12-7-21(8-13-33)20-3-5-22(29)6-4-20/h3-6,18,21,23-25,32H,7-17H2,1-2H3. The average Bonchev–Trinajstić information content (AvgIpc) is 2.94. The number of nitrogens with one attached hydrogen (secondary N) is 1. The molecule has 5 rings (SSSR count). The van der Waals surface area contributed by atoms with Crippen molar-refractivity contribution in [2.75, 3.05) is 51.4 Å². The lowest BCUT2D eigenvalue weighted by Crippen LogP contribution is -2.54. The highest BCUT2D eigenvalue weighted by Gasteiger charge is 2.32. The molecule has 2 atom stereocenters. The summed E-state index contributed by atoms with van der Waals surface area (Å²) < 4.78 is 11.1. The molecular formula is C28H38ClN5O3. The maximum atomic E-state index is 13.5. The molecule has 3 aliphatic rings. The minimum atomic E-state index is 0.0106. The number of hydrogen-bond acceptors (Lipinski definition) is 7. The van der Waals surface area contributed by atoms with E-state index in [1.165, 1.54) is 5.56 Å². The van der Waals surface area contributed by atoms with Gasteiger partial charge in [0.2, 0.25) is 0 Å². The lowest BCUT2D eigenvalue weighted by Gasteiger charge is -2.38. The van der Waals surface area contributed by atoms with E-state index in [2.05, 4.69) is 32.3 Å². The molecule has 8 nitrogen and oxygen atoms in total. The molecule has 0 aliphatic carbocycles. The first-order chi connectivity index (χ1) is 18.0. The Bertz CT molecular complexity index is 1050. The lowest BCUT2D eigenvalue weighted by atomic mass is 9.89. The Labute approximate surface area is 224 Å². The van der Waals surface area contributed by atoms with Gasteiger partial charge in [-0.1, -0.05) is 23.7 Å². The van der Waals surface area contributed by atoms with Crippen LogP contribution in [0.4, 0.5) is 5.82 Å². The molecule has 1 aromatic carbocycles. The molecule has 0 spiro atoms. The fraction of sp³-hybridized carbons (Fsp3) is 0.607. The van der Waals surface area contributed by atoms with E-state index >= 15 is 0 Å². The zero-order valence-corrected chi connectivity index (χ0v) is 22.6. The molecule has 9 heteroatoms. The molecule has 3 fully saturated rings. The van der Waals surface area contributed by atoms with Crippen LogP contribution in [0, 0.1) is 6.92 Å². The number of hydrogen-bond donors (Lipinski definition) is 1. The number of anilines is 1. The number of piperidine rings is 2. The number of nitrogens with zero attached hydrogens (tertiary/aromatic N) is 4. The van der Waals surface area contributed by atoms with Gasteiger partial charge in [-0.3, -0.25) is 4.79 Å². The van der Waals surface area contributed by atoms with Crippen LogP contribution in [0.5, 0.6) is 0 Å². The molecule has 2 aromatic rings. The molecule has 3 saturated heterocycles. The van der Waals surface area contributed by atoms with Gasteiger partial charge < -0.3 is 24.6 Å². The van der Waals surface area contributed by atoms with Crippen molar-refractivity contribution in [1.29, 1.82) is 0 Å². The van der Waals surface area contributed by atoms with Crippen LogP contribution >= 0.6 is 11.6 Å². The van der Waals surface area contributed by atoms with Crippen LogP contribution < -0.4 is 10.2 Å². The van der Waals surface area contributed by atoms with Gasteiger partial charge in [0.15, 0.2) is 0 Å². The highest BCUT2D eigenvalue weighted by molar-refractivity contribution is 6.30. The number of carbonyl (C=O) groups is 1. The molecule has 1 aromatic heterocycles. The summed E-state index contributed by atoms with van der Waals surface area (Å²) in [6.45, 7) is 6.65. The van der Waals surface area contributed by atoms with Gasteiger partial charge in [0, 0.05) is 62.6 Å². The first kappa shape index (κ1) is 26.4. The van der Waals surface area contributed by atoms with Gasteiger partial charge in [0.25, 0.3) is 5.91 Å². The van der Waals surface area contributed by atoms with Crippen molar-refractivity contribution in [2.45, 2.75) is 63.1 Å². The largest absolute Gasteiger partial charge is 0.379 e. The van der Waals surface area contributed by atoms with E-state index in [9.17, 15) is 4.79 Å². The first-order valence-corrected chi connectivity index (χ1v) is 13.9. The minimum Gasteiger partial charge on any atom is -0.379 e. The predicted octanol–water partition coefficient (Wildman–Crippen LogP) is 3.82. The van der Waals surface area contributed by atoms with Crippen LogP contribution in [0.1, 0.15) is 59.6 Å². The van der Waals surface area contributed by atoms with Crippen LogP contribution in [0.25, 0.3) is 0 Å². The van der Waals surface area contributed by atoms with Gasteiger partial charge in [-0.2, -0.15) is 0 Å². The van der Waals surface area contributed by atoms with Gasteiger partial charge in [0.1, 0.15) is 17.8 Å². The monoisotopic (exact) mass is 527 g/mol. The number of methoxy groups -OCH3 is 1. The second-order valence-corrected chi connectivity index (χ2v) is 10.9. The minimum absolute atomic E-state index is 0.0106. The maximum Gasteiger partial charge on any atom is 0.272 e. The number of amides is 1. The summed E-state index contributed by atoms with van der Waals surface area (Å²) in [6, 6.07) is 8.89. The van der Waals surface area contributed by atoms with Gasteiger partial charge >= 0.3 is 0 Å². The van der Waals surface area contributed by atoms with Crippen molar-refractivity contribution in [3.63, 3.8) is 0 Å². The second-order valence-electron chi connectivity index (χ2n) is 10.5. The molecular weight excluding hydrogens is 490 g/mol. The van der Waals surface area contributed by atoms with Crippen LogP contribution in [-0.2, 0) is 9.47 Å². The topological polar surface area (TPSA) is 79.8 Å². The van der Waals surface area contributed by atoms with E-state index in [0.717, 1.165) is 81.3 Å². The zero-order valence-electron chi connectivity index (χ0n) is 21.9. The Balaban J connectivity index is 1.17. The zero-order chi connectivity index (χ0) is 25.8. The molecule has 2 unspecified atom stereocenters. The van der Waals surface area contributed by atoms with E-state index in [-0.39, 0.29) is 12.0 Å². The molecule has 0 bridgehead atoms. The third-order valence-corrected chi connectivity index (χ3v) is 8.49. The number of ether oxygens (including phenoxy) is 2. The third-order valence-electron chi connectivity index (χ3n) is 8.23. The summed E-state index contributed by atoms with van der Waals surface area (Å²) >= 11 is 6.06. The highest BCUT2D eigenvalue weighted by Crippen LogP contribution is 2.32. The number of likely N-dealkylation sites (tertiary alicyclic amines) is 1. The van der Waals surface area contributed by atoms with Crippen molar-refractivity contribution in [1.82, 2.24) is 20.2 Å². The van der Waals surface area contributed by atoms with Crippen molar-refractivity contribution >= 4 is 23.3 Å². The molecule has 3 aliphatic heterocycles. The molecule has 4 heterocycles. The Morgan fingerprint density at radius 2 is 1.78 bits per heavy atom. The average molecular weight is 528 g/mol. The van der Waals surface area contributed by atoms with Crippen LogP contribution in [0.15, 0.2) is 30.6 Å². The van der Waals surface area contributed by atoms with Crippen molar-refractivity contribution in [3.8, 4) is 0 Å². The molecule has 1 amide bonds. The van der Waals surface area contributed by atoms with Gasteiger partial charge in [-0.05, 0) is 62.6 Å². The van der Waals surface area contributed by atoms with Gasteiger partial charge in [-0.25, -0.2) is 9.97 Å². The van der Waals surface area contributed by atoms with Crippen molar-refractivity contribution in [3.05, 3.63) is 52.4 Å². The second kappa shape index (κ2) is 12.1. The smallest absolute Gasteiger partial charge is 0.272 e. The third kappa shape index (κ3) is 6.08. The summed E-state index contributed by atoms with van der Waals surface area (Å²) in [5, 5.41) is 4.53. The van der Waals surface area contributed by atoms with E-state index in [1.54, 1.807) is 13.4 Å². The maximum absolute atomic E-state index is 13.5. The lowest BCUT2D eigenvalue weighted by molar-refractivity contribution is -0.0533. The summed E-state index contributed by atoms with van der Waals surface area (Å²) in [5.74, 6) is 1.41. The predicted molar refractivity (Wildman–Crippen MR) is 144 cm³/mol. The summed E-state index contributed by atoms with van der Waals surface area (Å²) in [7, 11) is 1.75. The Morgan fingerprint density at radius 1 is 1.05 bits per heavy atom. The molecule has 0 radical (unpaired) electrons. The highest BCUT2D eigenvalue weighted by atomic mass is 35.5. The number of aromatic nitrogens is 2. The SMILES string of the molecule is COC1COCCC1NC1CCN(C(=O)c2ncnc(N3CCC(c4ccc(Cl)cc4)CC3)c2C)CC1. The van der Waals surface area contributed by atoms with E-state index in [0.29, 0.717) is 30.3 Å². The van der Waals surface area contributed by atoms with Crippen LogP contribution in [-0.4, -0.2) is 85.5 Å². The van der Waals surface area contributed by atoms with Crippen molar-refractivity contribution < 1.29 is 14.3 Å². The normalized spacial score (nSPS) is 23.9. The van der Waals surface area contributed by atoms with E-state index in [4.69, 9.17) is 21.1 Å². The fourth-order valence-corrected chi connectivity index (χ4v) is 6.10. The molecule has 1 N–H and O–H groups in total. The number of rotatable bonds is 6. The van der Waals surface area contributed by atoms with E-state index < -0.39 is 0 Å². The Morgan fingerprint density at radius 3 is 2.49 bits per heavy atom. The van der Waals surface area contributed by atoms with Crippen LogP contribution in [0.3, 0.4) is 0 Å². The number of halogens is 1. The van der Waals surface area contributed by atoms with E-state index in [1.807, 2.05) is 24.0 Å². The summed E-state index contributed by atoms with van der Waals surface area (Å²) in [4.78, 5) is 26.7. The summed E-state index contributed by atoms with van der Waals surface area (Å²) in [6.07, 6.45) is 6.54. The molecule has 200 valence electrons. The fourth-order valence-electron chi connectivity index (χ4n) is 5.97.